The summed E-state index contributed by atoms with van der Waals surface area (Å²) in [6, 6.07) is 12.6. The van der Waals surface area contributed by atoms with E-state index in [4.69, 9.17) is 18.9 Å². The van der Waals surface area contributed by atoms with Gasteiger partial charge in [0, 0.05) is 49.8 Å². The third kappa shape index (κ3) is 3.19. The molecule has 4 bridgehead atoms. The van der Waals surface area contributed by atoms with E-state index in [0.29, 0.717) is 12.6 Å². The number of hydrogen-bond acceptors (Lipinski definition) is 6. The van der Waals surface area contributed by atoms with Gasteiger partial charge in [0.25, 0.3) is 5.91 Å². The zero-order valence-corrected chi connectivity index (χ0v) is 24.6. The van der Waals surface area contributed by atoms with Gasteiger partial charge in [0.2, 0.25) is 0 Å². The first kappa shape index (κ1) is 25.7. The third-order valence-corrected chi connectivity index (χ3v) is 11.5. The van der Waals surface area contributed by atoms with Crippen molar-refractivity contribution in [2.45, 2.75) is 68.2 Å². The van der Waals surface area contributed by atoms with Crippen molar-refractivity contribution in [2.75, 3.05) is 41.5 Å². The van der Waals surface area contributed by atoms with Crippen LogP contribution in [-0.4, -0.2) is 74.9 Å². The minimum Gasteiger partial charge on any atom is -0.497 e. The number of likely N-dealkylation sites (tertiary alicyclic amines) is 1. The van der Waals surface area contributed by atoms with Gasteiger partial charge in [0.05, 0.1) is 19.6 Å². The lowest BCUT2D eigenvalue weighted by Crippen LogP contribution is -2.78. The van der Waals surface area contributed by atoms with Crippen LogP contribution in [0.5, 0.6) is 17.2 Å². The van der Waals surface area contributed by atoms with Gasteiger partial charge in [0.1, 0.15) is 17.5 Å². The number of carbonyl (C=O) groups is 1. The van der Waals surface area contributed by atoms with Crippen LogP contribution in [0.1, 0.15) is 48.8 Å². The Morgan fingerprint density at radius 3 is 2.56 bits per heavy atom. The Balaban J connectivity index is 1.26. The summed E-state index contributed by atoms with van der Waals surface area (Å²) in [5.41, 5.74) is 3.35. The van der Waals surface area contributed by atoms with Crippen molar-refractivity contribution >= 4 is 5.91 Å². The van der Waals surface area contributed by atoms with Crippen LogP contribution in [0.25, 0.3) is 0 Å². The Morgan fingerprint density at radius 1 is 1.05 bits per heavy atom. The molecule has 7 nitrogen and oxygen atoms in total. The minimum absolute atomic E-state index is 0.0285. The molecule has 5 aliphatic carbocycles. The number of hydrogen-bond donors (Lipinski definition) is 0. The van der Waals surface area contributed by atoms with Gasteiger partial charge in [-0.25, -0.2) is 0 Å². The molecule has 2 aromatic rings. The number of rotatable bonds is 8. The second-order valence-electron chi connectivity index (χ2n) is 13.2. The predicted molar refractivity (Wildman–Crippen MR) is 154 cm³/mol. The van der Waals surface area contributed by atoms with Crippen LogP contribution in [0.3, 0.4) is 0 Å². The highest BCUT2D eigenvalue weighted by molar-refractivity contribution is 5.97. The van der Waals surface area contributed by atoms with Crippen molar-refractivity contribution in [3.8, 4) is 17.2 Å². The predicted octanol–water partition coefficient (Wildman–Crippen LogP) is 4.51. The van der Waals surface area contributed by atoms with E-state index in [1.165, 1.54) is 24.0 Å². The molecule has 2 spiro atoms. The fourth-order valence-electron chi connectivity index (χ4n) is 9.53. The van der Waals surface area contributed by atoms with E-state index in [9.17, 15) is 4.79 Å². The first-order valence-electron chi connectivity index (χ1n) is 15.2. The summed E-state index contributed by atoms with van der Waals surface area (Å²) < 4.78 is 24.8. The molecule has 0 aromatic heterocycles. The smallest absolute Gasteiger partial charge is 0.252 e. The Bertz CT molecular complexity index is 1450. The fraction of sp³-hybridized carbons (Fsp3) is 0.559. The molecule has 7 aliphatic rings. The number of likely N-dealkylation sites (N-methyl/N-ethyl adjacent to an activating group) is 1. The van der Waals surface area contributed by atoms with E-state index in [1.54, 1.807) is 21.3 Å². The summed E-state index contributed by atoms with van der Waals surface area (Å²) in [5, 5.41) is 0. The van der Waals surface area contributed by atoms with Crippen molar-refractivity contribution < 1.29 is 23.7 Å². The molecule has 1 amide bonds. The maximum absolute atomic E-state index is 14.5. The van der Waals surface area contributed by atoms with E-state index in [2.05, 4.69) is 23.1 Å². The summed E-state index contributed by atoms with van der Waals surface area (Å²) in [6.45, 7) is 2.74. The summed E-state index contributed by atoms with van der Waals surface area (Å²) >= 11 is 0. The fourth-order valence-corrected chi connectivity index (χ4v) is 9.53. The molecule has 2 aromatic carbocycles. The number of fused-ring (bicyclic) bond motifs is 1. The monoisotopic (exact) mass is 556 g/mol. The molecule has 7 heteroatoms. The van der Waals surface area contributed by atoms with E-state index in [1.807, 2.05) is 36.2 Å². The summed E-state index contributed by atoms with van der Waals surface area (Å²) in [4.78, 5) is 19.1. The van der Waals surface area contributed by atoms with E-state index >= 15 is 0 Å². The molecule has 41 heavy (non-hydrogen) atoms. The van der Waals surface area contributed by atoms with Crippen molar-refractivity contribution in [3.05, 3.63) is 64.7 Å². The topological polar surface area (TPSA) is 60.5 Å². The van der Waals surface area contributed by atoms with Crippen LogP contribution in [0, 0.1) is 11.3 Å². The zero-order valence-electron chi connectivity index (χ0n) is 24.6. The molecule has 2 saturated carbocycles. The SMILES string of the molecule is COc1ccc(CN(C)C(=O)C2=C[C@@]34CC[C@]2(OC)[C@@H]2Oc5c(OC)ccc6c5[C@@]23CCN(CC2CC2)[C@@H]4C6)cc1. The summed E-state index contributed by atoms with van der Waals surface area (Å²) in [5.74, 6) is 3.32. The first-order valence-corrected chi connectivity index (χ1v) is 15.2. The van der Waals surface area contributed by atoms with Gasteiger partial charge >= 0.3 is 0 Å². The number of amides is 1. The molecule has 1 saturated heterocycles. The number of nitrogens with zero attached hydrogens (tertiary/aromatic N) is 2. The molecule has 2 aliphatic heterocycles. The lowest BCUT2D eigenvalue weighted by molar-refractivity contribution is -0.198. The normalized spacial score (nSPS) is 34.0. The van der Waals surface area contributed by atoms with Crippen molar-refractivity contribution in [1.29, 1.82) is 0 Å². The van der Waals surface area contributed by atoms with Gasteiger partial charge in [-0.15, -0.1) is 0 Å². The average molecular weight is 557 g/mol. The van der Waals surface area contributed by atoms with Gasteiger partial charge in [-0.05, 0) is 80.3 Å². The Labute approximate surface area is 242 Å². The summed E-state index contributed by atoms with van der Waals surface area (Å²) in [6.07, 6.45) is 8.60. The van der Waals surface area contributed by atoms with Crippen LogP contribution in [-0.2, 0) is 27.9 Å². The Hall–Kier alpha value is -3.03. The molecular formula is C34H40N2O5. The quantitative estimate of drug-likeness (QED) is 0.477. The molecule has 216 valence electrons. The maximum Gasteiger partial charge on any atom is 0.252 e. The van der Waals surface area contributed by atoms with Gasteiger partial charge in [0.15, 0.2) is 11.5 Å². The van der Waals surface area contributed by atoms with Crippen LogP contribution in [0.15, 0.2) is 48.0 Å². The molecule has 0 unspecified atom stereocenters. The lowest BCUT2D eigenvalue weighted by Gasteiger charge is -2.70. The molecular weight excluding hydrogens is 516 g/mol. The second kappa shape index (κ2) is 8.74. The number of ether oxygens (including phenoxy) is 4. The van der Waals surface area contributed by atoms with E-state index in [0.717, 1.165) is 73.1 Å². The lowest BCUT2D eigenvalue weighted by atomic mass is 9.37. The Morgan fingerprint density at radius 2 is 1.85 bits per heavy atom. The standard InChI is InChI=1S/C34H40N2O5/c1-35(19-21-7-10-24(38-2)11-8-21)30(37)25-18-32-13-14-34(25,40-4)31-33(32)15-16-36(20-22-5-6-22)27(32)17-23-9-12-26(39-3)29(41-31)28(23)33/h7-12,18,22,27,31H,5-6,13-17,19-20H2,1-4H3/t27-,31-,32-,33+,34-/m1/s1. The summed E-state index contributed by atoms with van der Waals surface area (Å²) in [7, 11) is 7.06. The zero-order chi connectivity index (χ0) is 28.1. The first-order chi connectivity index (χ1) is 19.9. The Kier molecular flexibility index (Phi) is 5.47. The third-order valence-electron chi connectivity index (χ3n) is 11.5. The minimum atomic E-state index is -0.811. The molecule has 3 fully saturated rings. The molecule has 5 atom stereocenters. The molecule has 9 rings (SSSR count). The highest BCUT2D eigenvalue weighted by atomic mass is 16.6. The van der Waals surface area contributed by atoms with E-state index in [-0.39, 0.29) is 22.8 Å². The molecule has 2 heterocycles. The number of benzene rings is 2. The van der Waals surface area contributed by atoms with Crippen molar-refractivity contribution in [2.24, 2.45) is 11.3 Å². The van der Waals surface area contributed by atoms with Crippen molar-refractivity contribution in [3.63, 3.8) is 0 Å². The van der Waals surface area contributed by atoms with Crippen molar-refractivity contribution in [1.82, 2.24) is 9.80 Å². The van der Waals surface area contributed by atoms with E-state index < -0.39 is 5.60 Å². The highest BCUT2D eigenvalue weighted by Gasteiger charge is 2.79. The highest BCUT2D eigenvalue weighted by Crippen LogP contribution is 2.75. The van der Waals surface area contributed by atoms with Crippen LogP contribution < -0.4 is 14.2 Å². The molecule has 0 radical (unpaired) electrons. The largest absolute Gasteiger partial charge is 0.497 e. The maximum atomic E-state index is 14.5. The van der Waals surface area contributed by atoms with Gasteiger partial charge in [-0.2, -0.15) is 0 Å². The van der Waals surface area contributed by atoms with Gasteiger partial charge < -0.3 is 23.8 Å². The average Bonchev–Trinajstić information content (AvgIpc) is 3.75. The van der Waals surface area contributed by atoms with Crippen LogP contribution >= 0.6 is 0 Å². The van der Waals surface area contributed by atoms with Crippen LogP contribution in [0.4, 0.5) is 0 Å². The number of methoxy groups -OCH3 is 3. The van der Waals surface area contributed by atoms with Gasteiger partial charge in [-0.1, -0.05) is 24.3 Å². The van der Waals surface area contributed by atoms with Gasteiger partial charge in [-0.3, -0.25) is 9.69 Å². The number of piperidine rings is 1. The second-order valence-corrected chi connectivity index (χ2v) is 13.2. The number of carbonyl (C=O) groups excluding carboxylic acids is 1. The molecule has 0 N–H and O–H groups in total. The van der Waals surface area contributed by atoms with Crippen LogP contribution in [0.2, 0.25) is 0 Å².